The second-order valence-electron chi connectivity index (χ2n) is 4.40. The number of benzene rings is 1. The minimum Gasteiger partial charge on any atom is -0.330 e. The molecule has 0 aliphatic carbocycles. The third-order valence-electron chi connectivity index (χ3n) is 3.16. The topological polar surface area (TPSA) is 55.0 Å². The van der Waals surface area contributed by atoms with Crippen LogP contribution in [-0.2, 0) is 12.8 Å². The maximum Gasteiger partial charge on any atom is 0.212 e. The third-order valence-corrected chi connectivity index (χ3v) is 4.16. The fraction of sp³-hybridized carbons (Fsp3) is 0.385. The van der Waals surface area contributed by atoms with Gasteiger partial charge in [-0.05, 0) is 31.0 Å². The molecule has 0 unspecified atom stereocenters. The minimum absolute atomic E-state index is 0.630. The number of fused-ring (bicyclic) bond motifs is 1. The minimum atomic E-state index is 0.630. The van der Waals surface area contributed by atoms with Crippen LogP contribution in [-0.4, -0.2) is 23.3 Å². The summed E-state index contributed by atoms with van der Waals surface area (Å²) in [7, 11) is 0. The average Bonchev–Trinajstić information content (AvgIpc) is 2.87. The van der Waals surface area contributed by atoms with E-state index in [9.17, 15) is 0 Å². The molecule has 0 atom stereocenters. The molecule has 0 saturated heterocycles. The number of para-hydroxylation sites is 1. The predicted molar refractivity (Wildman–Crippen MR) is 74.4 cm³/mol. The molecule has 2 N–H and O–H groups in total. The molecule has 2 aromatic rings. The van der Waals surface area contributed by atoms with Crippen LogP contribution >= 0.6 is 11.3 Å². The maximum atomic E-state index is 5.55. The summed E-state index contributed by atoms with van der Waals surface area (Å²) in [6.07, 6.45) is 3.14. The van der Waals surface area contributed by atoms with Gasteiger partial charge in [0.05, 0.1) is 0 Å². The second-order valence-corrected chi connectivity index (χ2v) is 5.44. The summed E-state index contributed by atoms with van der Waals surface area (Å²) in [6, 6.07) is 8.54. The van der Waals surface area contributed by atoms with Crippen molar-refractivity contribution in [1.29, 1.82) is 0 Å². The van der Waals surface area contributed by atoms with Crippen molar-refractivity contribution in [2.24, 2.45) is 5.73 Å². The number of aromatic nitrogens is 2. The standard InChI is InChI=1S/C13H16N4S/c14-8-7-12-15-16-13(18-12)17-9-3-5-10-4-1-2-6-11(10)17/h1-2,4,6H,3,5,7-9,14H2. The molecule has 3 rings (SSSR count). The Labute approximate surface area is 110 Å². The molecular formula is C13H16N4S. The number of nitrogens with zero attached hydrogens (tertiary/aromatic N) is 3. The van der Waals surface area contributed by atoms with Gasteiger partial charge >= 0.3 is 0 Å². The molecule has 0 bridgehead atoms. The highest BCUT2D eigenvalue weighted by atomic mass is 32.1. The molecule has 18 heavy (non-hydrogen) atoms. The largest absolute Gasteiger partial charge is 0.330 e. The zero-order valence-electron chi connectivity index (χ0n) is 10.2. The smallest absolute Gasteiger partial charge is 0.212 e. The van der Waals surface area contributed by atoms with Gasteiger partial charge in [-0.15, -0.1) is 10.2 Å². The van der Waals surface area contributed by atoms with Gasteiger partial charge in [-0.3, -0.25) is 0 Å². The van der Waals surface area contributed by atoms with E-state index in [0.717, 1.165) is 29.5 Å². The lowest BCUT2D eigenvalue weighted by molar-refractivity contribution is 0.760. The van der Waals surface area contributed by atoms with Crippen LogP contribution in [0.5, 0.6) is 0 Å². The van der Waals surface area contributed by atoms with E-state index in [4.69, 9.17) is 5.73 Å². The molecule has 94 valence electrons. The SMILES string of the molecule is NCCc1nnc(N2CCCc3ccccc32)s1. The van der Waals surface area contributed by atoms with Gasteiger partial charge in [-0.2, -0.15) is 0 Å². The van der Waals surface area contributed by atoms with Gasteiger partial charge in [0.25, 0.3) is 0 Å². The summed E-state index contributed by atoms with van der Waals surface area (Å²) in [4.78, 5) is 2.27. The molecule has 0 saturated carbocycles. The first-order valence-electron chi connectivity index (χ1n) is 6.26. The van der Waals surface area contributed by atoms with Gasteiger partial charge in [0, 0.05) is 18.7 Å². The normalized spacial score (nSPS) is 14.6. The van der Waals surface area contributed by atoms with Gasteiger partial charge in [-0.25, -0.2) is 0 Å². The summed E-state index contributed by atoms with van der Waals surface area (Å²) >= 11 is 1.65. The van der Waals surface area contributed by atoms with Gasteiger partial charge in [0.15, 0.2) is 0 Å². The number of rotatable bonds is 3. The van der Waals surface area contributed by atoms with Gasteiger partial charge in [-0.1, -0.05) is 29.5 Å². The highest BCUT2D eigenvalue weighted by Gasteiger charge is 2.20. The Kier molecular flexibility index (Phi) is 3.25. The summed E-state index contributed by atoms with van der Waals surface area (Å²) in [5, 5.41) is 10.5. The van der Waals surface area contributed by atoms with E-state index < -0.39 is 0 Å². The number of hydrogen-bond acceptors (Lipinski definition) is 5. The van der Waals surface area contributed by atoms with Gasteiger partial charge in [0.1, 0.15) is 5.01 Å². The molecule has 1 aliphatic heterocycles. The maximum absolute atomic E-state index is 5.55. The molecule has 1 aromatic heterocycles. The van der Waals surface area contributed by atoms with Gasteiger partial charge < -0.3 is 10.6 Å². The Bertz CT molecular complexity index is 537. The monoisotopic (exact) mass is 260 g/mol. The van der Waals surface area contributed by atoms with E-state index in [-0.39, 0.29) is 0 Å². The van der Waals surface area contributed by atoms with Crippen molar-refractivity contribution >= 4 is 22.2 Å². The number of hydrogen-bond donors (Lipinski definition) is 1. The molecule has 5 heteroatoms. The summed E-state index contributed by atoms with van der Waals surface area (Å²) < 4.78 is 0. The van der Waals surface area contributed by atoms with E-state index in [2.05, 4.69) is 39.4 Å². The van der Waals surface area contributed by atoms with E-state index in [1.54, 1.807) is 11.3 Å². The van der Waals surface area contributed by atoms with Crippen molar-refractivity contribution in [3.8, 4) is 0 Å². The first-order valence-corrected chi connectivity index (χ1v) is 7.08. The van der Waals surface area contributed by atoms with E-state index in [1.165, 1.54) is 17.7 Å². The Morgan fingerprint density at radius 3 is 3.06 bits per heavy atom. The Hall–Kier alpha value is -1.46. The third kappa shape index (κ3) is 2.11. The van der Waals surface area contributed by atoms with Crippen molar-refractivity contribution in [2.45, 2.75) is 19.3 Å². The molecule has 2 heterocycles. The van der Waals surface area contributed by atoms with Crippen molar-refractivity contribution in [2.75, 3.05) is 18.0 Å². The number of aryl methyl sites for hydroxylation is 1. The van der Waals surface area contributed by atoms with Crippen molar-refractivity contribution in [3.63, 3.8) is 0 Å². The molecule has 0 spiro atoms. The quantitative estimate of drug-likeness (QED) is 0.918. The lowest BCUT2D eigenvalue weighted by Crippen LogP contribution is -2.24. The van der Waals surface area contributed by atoms with E-state index >= 15 is 0 Å². The summed E-state index contributed by atoms with van der Waals surface area (Å²) in [5.41, 5.74) is 8.23. The Morgan fingerprint density at radius 2 is 2.17 bits per heavy atom. The van der Waals surface area contributed by atoms with Crippen LogP contribution < -0.4 is 10.6 Å². The zero-order valence-corrected chi connectivity index (χ0v) is 11.0. The summed E-state index contributed by atoms with van der Waals surface area (Å²) in [5.74, 6) is 0. The number of anilines is 2. The lowest BCUT2D eigenvalue weighted by atomic mass is 10.0. The number of nitrogens with two attached hydrogens (primary N) is 1. The van der Waals surface area contributed by atoms with Crippen LogP contribution in [0.3, 0.4) is 0 Å². The van der Waals surface area contributed by atoms with Gasteiger partial charge in [0.2, 0.25) is 5.13 Å². The highest BCUT2D eigenvalue weighted by molar-refractivity contribution is 7.15. The predicted octanol–water partition coefficient (Wildman–Crippen LogP) is 2.12. The zero-order chi connectivity index (χ0) is 12.4. The Balaban J connectivity index is 1.92. The molecule has 1 aromatic carbocycles. The average molecular weight is 260 g/mol. The summed E-state index contributed by atoms with van der Waals surface area (Å²) in [6.45, 7) is 1.65. The van der Waals surface area contributed by atoms with Crippen molar-refractivity contribution in [3.05, 3.63) is 34.8 Å². The first kappa shape index (κ1) is 11.6. The first-order chi connectivity index (χ1) is 8.88. The fourth-order valence-corrected chi connectivity index (χ4v) is 3.20. The van der Waals surface area contributed by atoms with Crippen LogP contribution in [0, 0.1) is 0 Å². The van der Waals surface area contributed by atoms with E-state index in [0.29, 0.717) is 6.54 Å². The molecule has 0 fully saturated rings. The molecule has 4 nitrogen and oxygen atoms in total. The molecular weight excluding hydrogens is 244 g/mol. The highest BCUT2D eigenvalue weighted by Crippen LogP contribution is 2.34. The fourth-order valence-electron chi connectivity index (χ4n) is 2.31. The van der Waals surface area contributed by atoms with E-state index in [1.807, 2.05) is 0 Å². The molecule has 0 radical (unpaired) electrons. The Morgan fingerprint density at radius 1 is 1.28 bits per heavy atom. The molecule has 0 amide bonds. The lowest BCUT2D eigenvalue weighted by Gasteiger charge is -2.28. The molecule has 1 aliphatic rings. The van der Waals surface area contributed by atoms with Crippen LogP contribution in [0.4, 0.5) is 10.8 Å². The van der Waals surface area contributed by atoms with Crippen molar-refractivity contribution in [1.82, 2.24) is 10.2 Å². The van der Waals surface area contributed by atoms with Crippen LogP contribution in [0.25, 0.3) is 0 Å². The second kappa shape index (κ2) is 5.04. The van der Waals surface area contributed by atoms with Crippen LogP contribution in [0.1, 0.15) is 17.0 Å². The van der Waals surface area contributed by atoms with Crippen LogP contribution in [0.15, 0.2) is 24.3 Å². The van der Waals surface area contributed by atoms with Crippen LogP contribution in [0.2, 0.25) is 0 Å². The van der Waals surface area contributed by atoms with Crippen molar-refractivity contribution < 1.29 is 0 Å².